The van der Waals surface area contributed by atoms with Crippen molar-refractivity contribution in [2.75, 3.05) is 0 Å². The van der Waals surface area contributed by atoms with E-state index in [1.165, 1.54) is 0 Å². The second-order valence-electron chi connectivity index (χ2n) is 10.8. The van der Waals surface area contributed by atoms with Gasteiger partial charge in [0.25, 0.3) is 0 Å². The van der Waals surface area contributed by atoms with Crippen molar-refractivity contribution in [3.63, 3.8) is 0 Å². The molecule has 44 heavy (non-hydrogen) atoms. The topological polar surface area (TPSA) is 90.2 Å². The lowest BCUT2D eigenvalue weighted by molar-refractivity contribution is 0.797. The van der Waals surface area contributed by atoms with Crippen molar-refractivity contribution < 1.29 is 0 Å². The van der Waals surface area contributed by atoms with Crippen LogP contribution in [0, 0.1) is 0 Å². The highest BCUT2D eigenvalue weighted by molar-refractivity contribution is 6.13. The molecule has 9 rings (SSSR count). The second kappa shape index (κ2) is 9.68. The smallest absolute Gasteiger partial charge is 0.165 e. The van der Waals surface area contributed by atoms with Gasteiger partial charge in [-0.15, -0.1) is 10.2 Å². The minimum absolute atomic E-state index is 0.541. The summed E-state index contributed by atoms with van der Waals surface area (Å²) in [6.45, 7) is 0. The van der Waals surface area contributed by atoms with Crippen molar-refractivity contribution in [3.05, 3.63) is 127 Å². The van der Waals surface area contributed by atoms with Gasteiger partial charge in [-0.3, -0.25) is 0 Å². The predicted molar refractivity (Wildman–Crippen MR) is 175 cm³/mol. The Morgan fingerprint density at radius 2 is 0.750 bits per heavy atom. The summed E-state index contributed by atoms with van der Waals surface area (Å²) in [5, 5.41) is 24.6. The molecule has 7 nitrogen and oxygen atoms in total. The molecule has 2 heterocycles. The zero-order valence-electron chi connectivity index (χ0n) is 23.3. The molecule has 0 radical (unpaired) electrons. The molecule has 0 saturated heterocycles. The Kier molecular flexibility index (Phi) is 5.36. The summed E-state index contributed by atoms with van der Waals surface area (Å²) in [6.07, 6.45) is 0. The maximum atomic E-state index is 5.29. The largest absolute Gasteiger partial charge is 0.208 e. The first-order valence-electron chi connectivity index (χ1n) is 14.3. The van der Waals surface area contributed by atoms with Crippen LogP contribution >= 0.6 is 0 Å². The molecule has 0 aliphatic heterocycles. The Labute approximate surface area is 250 Å². The molecule has 0 aliphatic carbocycles. The molecule has 0 spiro atoms. The normalized spacial score (nSPS) is 11.6. The number of benzene rings is 7. The van der Waals surface area contributed by atoms with E-state index >= 15 is 0 Å². The number of hydrogen-bond acceptors (Lipinski definition) is 7. The number of rotatable bonds is 3. The minimum Gasteiger partial charge on any atom is -0.208 e. The average Bonchev–Trinajstić information content (AvgIpc) is 3.09. The summed E-state index contributed by atoms with van der Waals surface area (Å²) in [5.41, 5.74) is 4.00. The van der Waals surface area contributed by atoms with Gasteiger partial charge < -0.3 is 0 Å². The third-order valence-corrected chi connectivity index (χ3v) is 8.20. The third-order valence-electron chi connectivity index (χ3n) is 8.20. The van der Waals surface area contributed by atoms with Crippen LogP contribution < -0.4 is 0 Å². The van der Waals surface area contributed by atoms with Crippen molar-refractivity contribution >= 4 is 54.1 Å². The molecule has 0 aliphatic rings. The lowest BCUT2D eigenvalue weighted by atomic mass is 9.95. The molecular weight excluding hydrogens is 542 g/mol. The lowest BCUT2D eigenvalue weighted by Gasteiger charge is -2.15. The van der Waals surface area contributed by atoms with Crippen LogP contribution in [0.3, 0.4) is 0 Å². The zero-order chi connectivity index (χ0) is 29.0. The maximum Gasteiger partial charge on any atom is 0.165 e. The fourth-order valence-electron chi connectivity index (χ4n) is 6.20. The molecule has 7 aromatic carbocycles. The quantitative estimate of drug-likeness (QED) is 0.200. The Balaban J connectivity index is 1.43. The van der Waals surface area contributed by atoms with Gasteiger partial charge in [-0.1, -0.05) is 97.1 Å². The summed E-state index contributed by atoms with van der Waals surface area (Å²) in [6, 6.07) is 43.7. The van der Waals surface area contributed by atoms with Crippen LogP contribution in [0.4, 0.5) is 0 Å². The van der Waals surface area contributed by atoms with E-state index in [-0.39, 0.29) is 0 Å². The molecule has 0 atom stereocenters. The van der Waals surface area contributed by atoms with Crippen molar-refractivity contribution in [1.82, 2.24) is 35.6 Å². The molecule has 9 aromatic rings. The highest BCUT2D eigenvalue weighted by Crippen LogP contribution is 2.39. The van der Waals surface area contributed by atoms with Crippen LogP contribution in [0.25, 0.3) is 88.3 Å². The summed E-state index contributed by atoms with van der Waals surface area (Å²) in [4.78, 5) is 15.6. The first kappa shape index (κ1) is 24.4. The Morgan fingerprint density at radius 1 is 0.341 bits per heavy atom. The minimum atomic E-state index is 0.541. The SMILES string of the molecule is c1ccc2c(-c3nc(-c4ccc5nnnnc5c4)nc(-c4c5ccccc5cc5ccccc45)n3)c3ccccc3cc2c1. The highest BCUT2D eigenvalue weighted by atomic mass is 15.4. The summed E-state index contributed by atoms with van der Waals surface area (Å²) >= 11 is 0. The summed E-state index contributed by atoms with van der Waals surface area (Å²) in [7, 11) is 0. The van der Waals surface area contributed by atoms with Crippen molar-refractivity contribution in [3.8, 4) is 34.2 Å². The fourth-order valence-corrected chi connectivity index (χ4v) is 6.20. The van der Waals surface area contributed by atoms with Crippen molar-refractivity contribution in [2.24, 2.45) is 0 Å². The van der Waals surface area contributed by atoms with Gasteiger partial charge >= 0.3 is 0 Å². The van der Waals surface area contributed by atoms with E-state index in [2.05, 4.69) is 130 Å². The molecule has 0 N–H and O–H groups in total. The van der Waals surface area contributed by atoms with Gasteiger partial charge in [0.2, 0.25) is 0 Å². The Hall–Kier alpha value is -6.21. The monoisotopic (exact) mass is 563 g/mol. The van der Waals surface area contributed by atoms with Crippen molar-refractivity contribution in [2.45, 2.75) is 0 Å². The van der Waals surface area contributed by atoms with Gasteiger partial charge in [-0.2, -0.15) is 0 Å². The van der Waals surface area contributed by atoms with Crippen LogP contribution in [0.5, 0.6) is 0 Å². The molecule has 0 bridgehead atoms. The van der Waals surface area contributed by atoms with E-state index in [4.69, 9.17) is 15.0 Å². The standard InChI is InChI=1S/C37H21N7/c1-5-13-27-22(9-1)19-23-10-2-6-14-28(23)33(27)36-38-35(26-17-18-31-32(21-26)42-44-43-41-31)39-37(40-36)34-29-15-7-3-11-24(29)20-25-12-4-8-16-30(25)34/h1-21H. The molecule has 0 saturated carbocycles. The number of fused-ring (bicyclic) bond motifs is 5. The van der Waals surface area contributed by atoms with Crippen molar-refractivity contribution in [1.29, 1.82) is 0 Å². The van der Waals surface area contributed by atoms with E-state index in [0.29, 0.717) is 28.5 Å². The Bertz CT molecular complexity index is 2330. The van der Waals surface area contributed by atoms with E-state index in [1.54, 1.807) is 0 Å². The zero-order valence-corrected chi connectivity index (χ0v) is 23.3. The van der Waals surface area contributed by atoms with E-state index in [9.17, 15) is 0 Å². The van der Waals surface area contributed by atoms with Gasteiger partial charge in [0.15, 0.2) is 17.5 Å². The van der Waals surface area contributed by atoms with Crippen LogP contribution in [0.1, 0.15) is 0 Å². The first-order chi connectivity index (χ1) is 21.8. The summed E-state index contributed by atoms with van der Waals surface area (Å²) < 4.78 is 0. The molecule has 204 valence electrons. The summed E-state index contributed by atoms with van der Waals surface area (Å²) in [5.74, 6) is 1.75. The van der Waals surface area contributed by atoms with Gasteiger partial charge in [-0.25, -0.2) is 15.0 Å². The number of hydrogen-bond donors (Lipinski definition) is 0. The first-order valence-corrected chi connectivity index (χ1v) is 14.3. The van der Waals surface area contributed by atoms with Gasteiger partial charge in [-0.05, 0) is 83.8 Å². The Morgan fingerprint density at radius 3 is 1.23 bits per heavy atom. The molecular formula is C37H21N7. The second-order valence-corrected chi connectivity index (χ2v) is 10.8. The van der Waals surface area contributed by atoms with Crippen LogP contribution in [0.2, 0.25) is 0 Å². The van der Waals surface area contributed by atoms with Gasteiger partial charge in [0.1, 0.15) is 11.0 Å². The van der Waals surface area contributed by atoms with E-state index in [1.807, 2.05) is 18.2 Å². The molecule has 0 amide bonds. The van der Waals surface area contributed by atoms with Crippen LogP contribution in [-0.4, -0.2) is 35.6 Å². The maximum absolute atomic E-state index is 5.29. The predicted octanol–water partition coefficient (Wildman–Crippen LogP) is 8.22. The molecule has 7 heteroatoms. The molecule has 0 unspecified atom stereocenters. The third kappa shape index (κ3) is 3.87. The number of aromatic nitrogens is 7. The fraction of sp³-hybridized carbons (Fsp3) is 0. The van der Waals surface area contributed by atoms with Crippen LogP contribution in [-0.2, 0) is 0 Å². The lowest BCUT2D eigenvalue weighted by Crippen LogP contribution is -2.02. The van der Waals surface area contributed by atoms with Gasteiger partial charge in [0, 0.05) is 16.7 Å². The van der Waals surface area contributed by atoms with Crippen LogP contribution in [0.15, 0.2) is 127 Å². The average molecular weight is 564 g/mol. The number of nitrogens with zero attached hydrogens (tertiary/aromatic N) is 7. The highest BCUT2D eigenvalue weighted by Gasteiger charge is 2.20. The van der Waals surface area contributed by atoms with E-state index < -0.39 is 0 Å². The molecule has 0 fully saturated rings. The van der Waals surface area contributed by atoms with E-state index in [0.717, 1.165) is 59.8 Å². The molecule has 2 aromatic heterocycles. The van der Waals surface area contributed by atoms with Gasteiger partial charge in [0.05, 0.1) is 0 Å².